The Labute approximate surface area is 215 Å². The van der Waals surface area contributed by atoms with Crippen molar-refractivity contribution < 1.29 is 14.3 Å². The van der Waals surface area contributed by atoms with Gasteiger partial charge in [-0.05, 0) is 68.3 Å². The van der Waals surface area contributed by atoms with Gasteiger partial charge < -0.3 is 25.0 Å². The number of amides is 2. The number of aromatic nitrogens is 3. The summed E-state index contributed by atoms with van der Waals surface area (Å²) >= 11 is 0. The predicted octanol–water partition coefficient (Wildman–Crippen LogP) is 4.17. The van der Waals surface area contributed by atoms with Gasteiger partial charge in [-0.15, -0.1) is 0 Å². The SMILES string of the molecule is CC1COCCN1c1nc(-c2ccc(NC(=O)Nc3ccc(C#N)cc3)cc2)nc(C2CCOCC2)n1. The largest absolute Gasteiger partial charge is 0.381 e. The molecular formula is C27H29N7O3. The highest BCUT2D eigenvalue weighted by molar-refractivity contribution is 5.99. The summed E-state index contributed by atoms with van der Waals surface area (Å²) in [7, 11) is 0. The van der Waals surface area contributed by atoms with Gasteiger partial charge in [0.15, 0.2) is 5.82 Å². The van der Waals surface area contributed by atoms with E-state index in [0.29, 0.717) is 55.1 Å². The van der Waals surface area contributed by atoms with Crippen LogP contribution in [0.3, 0.4) is 0 Å². The first-order chi connectivity index (χ1) is 18.1. The van der Waals surface area contributed by atoms with Crippen LogP contribution in [0.4, 0.5) is 22.1 Å². The van der Waals surface area contributed by atoms with Crippen LogP contribution in [0, 0.1) is 11.3 Å². The van der Waals surface area contributed by atoms with Crippen LogP contribution in [-0.4, -0.2) is 60.0 Å². The van der Waals surface area contributed by atoms with E-state index < -0.39 is 0 Å². The normalized spacial score (nSPS) is 18.2. The fourth-order valence-electron chi connectivity index (χ4n) is 4.43. The molecule has 2 aromatic carbocycles. The van der Waals surface area contributed by atoms with Crippen molar-refractivity contribution in [2.24, 2.45) is 0 Å². The zero-order valence-electron chi connectivity index (χ0n) is 20.7. The van der Waals surface area contributed by atoms with E-state index in [9.17, 15) is 4.79 Å². The Morgan fingerprint density at radius 2 is 1.62 bits per heavy atom. The molecule has 0 bridgehead atoms. The molecule has 1 atom stereocenters. The number of benzene rings is 2. The highest BCUT2D eigenvalue weighted by Crippen LogP contribution is 2.29. The minimum atomic E-state index is -0.372. The van der Waals surface area contributed by atoms with Crippen molar-refractivity contribution in [1.29, 1.82) is 5.26 Å². The molecule has 2 saturated heterocycles. The highest BCUT2D eigenvalue weighted by Gasteiger charge is 2.26. The smallest absolute Gasteiger partial charge is 0.323 e. The Morgan fingerprint density at radius 1 is 0.946 bits per heavy atom. The summed E-state index contributed by atoms with van der Waals surface area (Å²) < 4.78 is 11.1. The van der Waals surface area contributed by atoms with E-state index in [1.807, 2.05) is 24.3 Å². The van der Waals surface area contributed by atoms with Crippen molar-refractivity contribution in [2.45, 2.75) is 31.7 Å². The van der Waals surface area contributed by atoms with E-state index in [1.54, 1.807) is 24.3 Å². The third-order valence-electron chi connectivity index (χ3n) is 6.52. The van der Waals surface area contributed by atoms with Crippen LogP contribution >= 0.6 is 0 Å². The Hall–Kier alpha value is -4.07. The number of anilines is 3. The molecular weight excluding hydrogens is 470 g/mol. The molecule has 2 aliphatic heterocycles. The maximum Gasteiger partial charge on any atom is 0.323 e. The molecule has 3 aromatic rings. The molecule has 2 N–H and O–H groups in total. The van der Waals surface area contributed by atoms with Crippen molar-refractivity contribution in [3.05, 3.63) is 59.9 Å². The van der Waals surface area contributed by atoms with Crippen molar-refractivity contribution in [3.8, 4) is 17.5 Å². The van der Waals surface area contributed by atoms with Gasteiger partial charge in [0.05, 0.1) is 30.9 Å². The molecule has 37 heavy (non-hydrogen) atoms. The maximum atomic E-state index is 12.4. The summed E-state index contributed by atoms with van der Waals surface area (Å²) in [4.78, 5) is 29.1. The van der Waals surface area contributed by atoms with Gasteiger partial charge in [0.1, 0.15) is 5.82 Å². The van der Waals surface area contributed by atoms with Crippen LogP contribution in [0.2, 0.25) is 0 Å². The summed E-state index contributed by atoms with van der Waals surface area (Å²) in [6, 6.07) is 16.0. The molecule has 2 fully saturated rings. The number of ether oxygens (including phenoxy) is 2. The van der Waals surface area contributed by atoms with E-state index in [4.69, 9.17) is 29.7 Å². The van der Waals surface area contributed by atoms with E-state index in [1.165, 1.54) is 0 Å². The number of morpholine rings is 1. The van der Waals surface area contributed by atoms with E-state index in [0.717, 1.165) is 30.8 Å². The van der Waals surface area contributed by atoms with Gasteiger partial charge >= 0.3 is 6.03 Å². The number of nitrogens with one attached hydrogen (secondary N) is 2. The second-order valence-electron chi connectivity index (χ2n) is 9.17. The summed E-state index contributed by atoms with van der Waals surface area (Å²) in [5.41, 5.74) is 2.61. The number of nitriles is 1. The highest BCUT2D eigenvalue weighted by atomic mass is 16.5. The maximum absolute atomic E-state index is 12.4. The lowest BCUT2D eigenvalue weighted by molar-refractivity contribution is 0.0834. The van der Waals surface area contributed by atoms with Crippen molar-refractivity contribution >= 4 is 23.4 Å². The lowest BCUT2D eigenvalue weighted by atomic mass is 9.99. The first kappa shape index (κ1) is 24.6. The Morgan fingerprint density at radius 3 is 2.27 bits per heavy atom. The number of hydrogen-bond donors (Lipinski definition) is 2. The molecule has 190 valence electrons. The zero-order valence-corrected chi connectivity index (χ0v) is 20.7. The zero-order chi connectivity index (χ0) is 25.6. The van der Waals surface area contributed by atoms with Crippen LogP contribution in [0.1, 0.15) is 37.1 Å². The topological polar surface area (TPSA) is 125 Å². The summed E-state index contributed by atoms with van der Waals surface area (Å²) in [6.07, 6.45) is 1.78. The minimum absolute atomic E-state index is 0.174. The summed E-state index contributed by atoms with van der Waals surface area (Å²) in [5, 5.41) is 14.5. The fourth-order valence-corrected chi connectivity index (χ4v) is 4.43. The molecule has 10 nitrogen and oxygen atoms in total. The average Bonchev–Trinajstić information content (AvgIpc) is 2.94. The Kier molecular flexibility index (Phi) is 7.54. The lowest BCUT2D eigenvalue weighted by Gasteiger charge is -2.34. The Bertz CT molecular complexity index is 1270. The van der Waals surface area contributed by atoms with Crippen LogP contribution < -0.4 is 15.5 Å². The van der Waals surface area contributed by atoms with Gasteiger partial charge in [0.25, 0.3) is 0 Å². The monoisotopic (exact) mass is 499 g/mol. The molecule has 1 aromatic heterocycles. The molecule has 5 rings (SSSR count). The van der Waals surface area contributed by atoms with Gasteiger partial charge in [0.2, 0.25) is 5.95 Å². The molecule has 2 amide bonds. The average molecular weight is 500 g/mol. The first-order valence-electron chi connectivity index (χ1n) is 12.5. The van der Waals surface area contributed by atoms with E-state index in [2.05, 4.69) is 28.5 Å². The molecule has 1 unspecified atom stereocenters. The van der Waals surface area contributed by atoms with Crippen molar-refractivity contribution in [2.75, 3.05) is 48.5 Å². The second-order valence-corrected chi connectivity index (χ2v) is 9.17. The van der Waals surface area contributed by atoms with Gasteiger partial charge in [0, 0.05) is 42.6 Å². The molecule has 10 heteroatoms. The van der Waals surface area contributed by atoms with Crippen LogP contribution in [0.25, 0.3) is 11.4 Å². The molecule has 0 aliphatic carbocycles. The number of hydrogen-bond acceptors (Lipinski definition) is 8. The number of rotatable bonds is 5. The minimum Gasteiger partial charge on any atom is -0.381 e. The van der Waals surface area contributed by atoms with Crippen molar-refractivity contribution in [1.82, 2.24) is 15.0 Å². The number of carbonyl (C=O) groups excluding carboxylic acids is 1. The first-order valence-corrected chi connectivity index (χ1v) is 12.5. The fraction of sp³-hybridized carbons (Fsp3) is 0.370. The molecule has 2 aliphatic rings. The summed E-state index contributed by atoms with van der Waals surface area (Å²) in [6.45, 7) is 5.54. The molecule has 0 spiro atoms. The van der Waals surface area contributed by atoms with Gasteiger partial charge in [-0.1, -0.05) is 0 Å². The quantitative estimate of drug-likeness (QED) is 0.536. The van der Waals surface area contributed by atoms with Crippen LogP contribution in [0.15, 0.2) is 48.5 Å². The number of carbonyl (C=O) groups is 1. The lowest BCUT2D eigenvalue weighted by Crippen LogP contribution is -2.44. The Balaban J connectivity index is 1.34. The number of urea groups is 1. The third kappa shape index (κ3) is 6.02. The van der Waals surface area contributed by atoms with Crippen molar-refractivity contribution in [3.63, 3.8) is 0 Å². The van der Waals surface area contributed by atoms with Gasteiger partial charge in [-0.25, -0.2) is 9.78 Å². The van der Waals surface area contributed by atoms with Gasteiger partial charge in [-0.2, -0.15) is 15.2 Å². The molecule has 0 radical (unpaired) electrons. The summed E-state index contributed by atoms with van der Waals surface area (Å²) in [5.74, 6) is 2.31. The number of nitrogens with zero attached hydrogens (tertiary/aromatic N) is 5. The van der Waals surface area contributed by atoms with E-state index in [-0.39, 0.29) is 18.0 Å². The van der Waals surface area contributed by atoms with Crippen LogP contribution in [-0.2, 0) is 9.47 Å². The second kappa shape index (κ2) is 11.3. The standard InChI is InChI=1S/C27H29N7O3/c1-18-17-37-15-12-34(18)26-32-24(31-25(33-26)21-10-13-36-14-11-21)20-4-8-23(9-5-20)30-27(35)29-22-6-2-19(16-28)3-7-22/h2-9,18,21H,10-15,17H2,1H3,(H2,29,30,35). The predicted molar refractivity (Wildman–Crippen MR) is 139 cm³/mol. The van der Waals surface area contributed by atoms with E-state index >= 15 is 0 Å². The molecule has 0 saturated carbocycles. The third-order valence-corrected chi connectivity index (χ3v) is 6.52. The van der Waals surface area contributed by atoms with Gasteiger partial charge in [-0.3, -0.25) is 0 Å². The van der Waals surface area contributed by atoms with Crippen LogP contribution in [0.5, 0.6) is 0 Å². The molecule has 3 heterocycles.